The van der Waals surface area contributed by atoms with Crippen molar-refractivity contribution >= 4 is 5.91 Å². The topological polar surface area (TPSA) is 83.0 Å². The highest BCUT2D eigenvalue weighted by Crippen LogP contribution is 2.20. The Kier molecular flexibility index (Phi) is 6.07. The fraction of sp³-hybridized carbons (Fsp3) is 0.444. The summed E-state index contributed by atoms with van der Waals surface area (Å²) in [6, 6.07) is 10.1. The van der Waals surface area contributed by atoms with Gasteiger partial charge in [0.1, 0.15) is 0 Å². The monoisotopic (exact) mass is 326 g/mol. The van der Waals surface area contributed by atoms with Crippen molar-refractivity contribution in [3.63, 3.8) is 0 Å². The van der Waals surface area contributed by atoms with Gasteiger partial charge in [-0.3, -0.25) is 4.79 Å². The summed E-state index contributed by atoms with van der Waals surface area (Å²) in [5.41, 5.74) is 2.15. The van der Waals surface area contributed by atoms with Gasteiger partial charge >= 0.3 is 0 Å². The summed E-state index contributed by atoms with van der Waals surface area (Å²) in [4.78, 5) is 17.8. The van der Waals surface area contributed by atoms with Crippen molar-refractivity contribution in [2.45, 2.75) is 39.0 Å². The van der Waals surface area contributed by atoms with Gasteiger partial charge in [0.2, 0.25) is 17.6 Å². The number of nitriles is 1. The van der Waals surface area contributed by atoms with E-state index in [2.05, 4.69) is 36.1 Å². The maximum Gasteiger partial charge on any atom is 0.227 e. The second-order valence-electron chi connectivity index (χ2n) is 6.01. The molecule has 0 unspecified atom stereocenters. The van der Waals surface area contributed by atoms with E-state index in [1.807, 2.05) is 18.2 Å². The molecule has 1 aromatic carbocycles. The van der Waals surface area contributed by atoms with Crippen LogP contribution >= 0.6 is 0 Å². The smallest absolute Gasteiger partial charge is 0.227 e. The molecule has 24 heavy (non-hydrogen) atoms. The van der Waals surface area contributed by atoms with Crippen LogP contribution in [0.2, 0.25) is 0 Å². The maximum absolute atomic E-state index is 11.9. The van der Waals surface area contributed by atoms with Gasteiger partial charge in [-0.1, -0.05) is 43.3 Å². The van der Waals surface area contributed by atoms with E-state index >= 15 is 0 Å². The minimum Gasteiger partial charge on any atom is -0.345 e. The third kappa shape index (κ3) is 4.66. The van der Waals surface area contributed by atoms with E-state index < -0.39 is 0 Å². The van der Waals surface area contributed by atoms with Crippen molar-refractivity contribution in [1.29, 1.82) is 5.26 Å². The molecule has 0 spiro atoms. The molecule has 0 fully saturated rings. The third-order valence-corrected chi connectivity index (χ3v) is 3.84. The molecule has 0 saturated carbocycles. The summed E-state index contributed by atoms with van der Waals surface area (Å²) in [5.74, 6) is 1.42. The van der Waals surface area contributed by atoms with Crippen LogP contribution in [0.3, 0.4) is 0 Å². The highest BCUT2D eigenvalue weighted by Gasteiger charge is 2.13. The molecule has 1 heterocycles. The standard InChI is InChI=1S/C18H22N4O2/c1-13(2)14-5-7-15(8-6-14)18-20-16(24-21-18)9-10-17(23)22(3)12-4-11-19/h5-8,13H,4,9-10,12H2,1-3H3. The van der Waals surface area contributed by atoms with Crippen molar-refractivity contribution in [1.82, 2.24) is 15.0 Å². The number of carbonyl (C=O) groups is 1. The molecule has 0 aliphatic heterocycles. The lowest BCUT2D eigenvalue weighted by Crippen LogP contribution is -2.27. The second-order valence-corrected chi connectivity index (χ2v) is 6.01. The fourth-order valence-electron chi connectivity index (χ4n) is 2.24. The highest BCUT2D eigenvalue weighted by molar-refractivity contribution is 5.76. The van der Waals surface area contributed by atoms with Crippen LogP contribution in [0.4, 0.5) is 0 Å². The fourth-order valence-corrected chi connectivity index (χ4v) is 2.24. The lowest BCUT2D eigenvalue weighted by Gasteiger charge is -2.14. The number of amides is 1. The van der Waals surface area contributed by atoms with Crippen molar-refractivity contribution in [3.05, 3.63) is 35.7 Å². The van der Waals surface area contributed by atoms with E-state index in [9.17, 15) is 4.79 Å². The SMILES string of the molecule is CC(C)c1ccc(-c2noc(CCC(=O)N(C)CCC#N)n2)cc1. The van der Waals surface area contributed by atoms with Crippen molar-refractivity contribution in [3.8, 4) is 17.5 Å². The summed E-state index contributed by atoms with van der Waals surface area (Å²) in [6.45, 7) is 4.73. The molecular weight excluding hydrogens is 304 g/mol. The van der Waals surface area contributed by atoms with Crippen LogP contribution in [0.15, 0.2) is 28.8 Å². The Hall–Kier alpha value is -2.68. The van der Waals surface area contributed by atoms with Gasteiger partial charge in [0.15, 0.2) is 0 Å². The first-order valence-corrected chi connectivity index (χ1v) is 8.05. The average molecular weight is 326 g/mol. The van der Waals surface area contributed by atoms with Gasteiger partial charge in [0, 0.05) is 32.0 Å². The largest absolute Gasteiger partial charge is 0.345 e. The summed E-state index contributed by atoms with van der Waals surface area (Å²) < 4.78 is 5.22. The molecule has 0 radical (unpaired) electrons. The Bertz CT molecular complexity index is 713. The summed E-state index contributed by atoms with van der Waals surface area (Å²) in [5, 5.41) is 12.5. The van der Waals surface area contributed by atoms with Crippen LogP contribution in [0.5, 0.6) is 0 Å². The molecule has 2 aromatic rings. The summed E-state index contributed by atoms with van der Waals surface area (Å²) in [7, 11) is 1.69. The van der Waals surface area contributed by atoms with Crippen LogP contribution in [0.25, 0.3) is 11.4 Å². The zero-order valence-electron chi connectivity index (χ0n) is 14.3. The van der Waals surface area contributed by atoms with Crippen LogP contribution in [-0.4, -0.2) is 34.5 Å². The first-order valence-electron chi connectivity index (χ1n) is 8.05. The van der Waals surface area contributed by atoms with Crippen LogP contribution in [0, 0.1) is 11.3 Å². The van der Waals surface area contributed by atoms with Gasteiger partial charge in [0.25, 0.3) is 0 Å². The van der Waals surface area contributed by atoms with Gasteiger partial charge in [-0.05, 0) is 11.5 Å². The van der Waals surface area contributed by atoms with E-state index in [-0.39, 0.29) is 12.3 Å². The number of carbonyl (C=O) groups excluding carboxylic acids is 1. The minimum atomic E-state index is -0.0358. The second kappa shape index (κ2) is 8.25. The normalized spacial score (nSPS) is 10.6. The number of aryl methyl sites for hydroxylation is 1. The van der Waals surface area contributed by atoms with Crippen LogP contribution in [-0.2, 0) is 11.2 Å². The first kappa shape index (κ1) is 17.7. The molecule has 1 aromatic heterocycles. The summed E-state index contributed by atoms with van der Waals surface area (Å²) in [6.07, 6.45) is 1.02. The Morgan fingerprint density at radius 3 is 2.67 bits per heavy atom. The van der Waals surface area contributed by atoms with Crippen molar-refractivity contribution < 1.29 is 9.32 Å². The molecule has 6 heteroatoms. The van der Waals surface area contributed by atoms with E-state index in [1.165, 1.54) is 5.56 Å². The highest BCUT2D eigenvalue weighted by atomic mass is 16.5. The quantitative estimate of drug-likeness (QED) is 0.780. The Balaban J connectivity index is 1.93. The van der Waals surface area contributed by atoms with E-state index in [4.69, 9.17) is 9.78 Å². The molecule has 0 bridgehead atoms. The predicted molar refractivity (Wildman–Crippen MR) is 90.0 cm³/mol. The molecule has 0 atom stereocenters. The first-order chi connectivity index (χ1) is 11.5. The third-order valence-electron chi connectivity index (χ3n) is 3.84. The Morgan fingerprint density at radius 2 is 2.04 bits per heavy atom. The summed E-state index contributed by atoms with van der Waals surface area (Å²) >= 11 is 0. The zero-order chi connectivity index (χ0) is 17.5. The number of aromatic nitrogens is 2. The molecular formula is C18H22N4O2. The number of nitrogens with zero attached hydrogens (tertiary/aromatic N) is 4. The molecule has 126 valence electrons. The van der Waals surface area contributed by atoms with Crippen LogP contribution in [0.1, 0.15) is 44.1 Å². The van der Waals surface area contributed by atoms with Gasteiger partial charge < -0.3 is 9.42 Å². The van der Waals surface area contributed by atoms with E-state index in [0.717, 1.165) is 5.56 Å². The molecule has 6 nitrogen and oxygen atoms in total. The molecule has 1 amide bonds. The van der Waals surface area contributed by atoms with E-state index in [1.54, 1.807) is 11.9 Å². The van der Waals surface area contributed by atoms with Gasteiger partial charge in [0.05, 0.1) is 12.5 Å². The molecule has 0 N–H and O–H groups in total. The maximum atomic E-state index is 11.9. The number of hydrogen-bond donors (Lipinski definition) is 0. The van der Waals surface area contributed by atoms with Gasteiger partial charge in [-0.15, -0.1) is 0 Å². The number of benzene rings is 1. The molecule has 2 rings (SSSR count). The average Bonchev–Trinajstić information content (AvgIpc) is 3.06. The minimum absolute atomic E-state index is 0.0358. The van der Waals surface area contributed by atoms with Crippen molar-refractivity contribution in [2.75, 3.05) is 13.6 Å². The Morgan fingerprint density at radius 1 is 1.33 bits per heavy atom. The van der Waals surface area contributed by atoms with Gasteiger partial charge in [-0.25, -0.2) is 0 Å². The lowest BCUT2D eigenvalue weighted by atomic mass is 10.0. The van der Waals surface area contributed by atoms with E-state index in [0.29, 0.717) is 37.0 Å². The van der Waals surface area contributed by atoms with Crippen LogP contribution < -0.4 is 0 Å². The van der Waals surface area contributed by atoms with Crippen molar-refractivity contribution in [2.24, 2.45) is 0 Å². The lowest BCUT2D eigenvalue weighted by molar-refractivity contribution is -0.129. The number of hydrogen-bond acceptors (Lipinski definition) is 5. The molecule has 0 aliphatic carbocycles. The zero-order valence-corrected chi connectivity index (χ0v) is 14.3. The van der Waals surface area contributed by atoms with Gasteiger partial charge in [-0.2, -0.15) is 10.2 Å². The Labute approximate surface area is 142 Å². The molecule has 0 aliphatic rings. The molecule has 0 saturated heterocycles. The predicted octanol–water partition coefficient (Wildman–Crippen LogP) is 3.16. The number of rotatable bonds is 7.